The molecule has 2 heterocycles. The number of hydrogen-bond donors (Lipinski definition) is 1. The normalized spacial score (nSPS) is 23.8. The van der Waals surface area contributed by atoms with Gasteiger partial charge >= 0.3 is 0 Å². The van der Waals surface area contributed by atoms with E-state index in [1.165, 1.54) is 11.3 Å². The summed E-state index contributed by atoms with van der Waals surface area (Å²) < 4.78 is 28.2. The Morgan fingerprint density at radius 3 is 2.48 bits per heavy atom. The summed E-state index contributed by atoms with van der Waals surface area (Å²) in [6, 6.07) is 5.19. The van der Waals surface area contributed by atoms with Gasteiger partial charge in [-0.1, -0.05) is 33.1 Å². The Morgan fingerprint density at radius 2 is 1.79 bits per heavy atom. The van der Waals surface area contributed by atoms with Gasteiger partial charge in [-0.05, 0) is 49.8 Å². The van der Waals surface area contributed by atoms with Crippen LogP contribution in [0.5, 0.6) is 0 Å². The highest BCUT2D eigenvalue weighted by Crippen LogP contribution is 2.40. The highest BCUT2D eigenvalue weighted by molar-refractivity contribution is 8.00. The number of hydrogen-bond acceptors (Lipinski definition) is 5. The van der Waals surface area contributed by atoms with Gasteiger partial charge in [0.15, 0.2) is 0 Å². The SMILES string of the molecule is CC1CCN(S(=O)(=O)c2ccc3c(c2)N(CC(=O)NC2CCCCC2)C(=O)CC(C)S3)CC1. The Balaban J connectivity index is 1.59. The number of benzene rings is 1. The molecule has 1 atom stereocenters. The van der Waals surface area contributed by atoms with Crippen LogP contribution < -0.4 is 10.2 Å². The van der Waals surface area contributed by atoms with E-state index in [2.05, 4.69) is 12.2 Å². The van der Waals surface area contributed by atoms with Crippen molar-refractivity contribution in [3.8, 4) is 0 Å². The van der Waals surface area contributed by atoms with Crippen molar-refractivity contribution in [2.75, 3.05) is 24.5 Å². The van der Waals surface area contributed by atoms with E-state index in [1.807, 2.05) is 6.92 Å². The molecule has 0 aromatic heterocycles. The zero-order valence-electron chi connectivity index (χ0n) is 19.6. The highest BCUT2D eigenvalue weighted by atomic mass is 32.2. The largest absolute Gasteiger partial charge is 0.352 e. The molecule has 1 aliphatic carbocycles. The smallest absolute Gasteiger partial charge is 0.243 e. The van der Waals surface area contributed by atoms with Crippen molar-refractivity contribution < 1.29 is 18.0 Å². The minimum Gasteiger partial charge on any atom is -0.352 e. The molecule has 1 aromatic rings. The molecule has 1 saturated heterocycles. The van der Waals surface area contributed by atoms with Crippen LogP contribution in [0.1, 0.15) is 65.2 Å². The van der Waals surface area contributed by atoms with E-state index in [0.29, 0.717) is 31.1 Å². The van der Waals surface area contributed by atoms with Crippen LogP contribution in [0.25, 0.3) is 0 Å². The molecule has 7 nitrogen and oxygen atoms in total. The molecule has 182 valence electrons. The van der Waals surface area contributed by atoms with Gasteiger partial charge in [-0.25, -0.2) is 8.42 Å². The van der Waals surface area contributed by atoms with Crippen molar-refractivity contribution in [3.05, 3.63) is 18.2 Å². The highest BCUT2D eigenvalue weighted by Gasteiger charge is 2.32. The van der Waals surface area contributed by atoms with Crippen molar-refractivity contribution in [1.82, 2.24) is 9.62 Å². The second-order valence-corrected chi connectivity index (χ2v) is 13.1. The summed E-state index contributed by atoms with van der Waals surface area (Å²) in [7, 11) is -3.65. The molecule has 9 heteroatoms. The molecule has 0 radical (unpaired) electrons. The summed E-state index contributed by atoms with van der Waals surface area (Å²) in [4.78, 5) is 28.5. The summed E-state index contributed by atoms with van der Waals surface area (Å²) >= 11 is 1.56. The van der Waals surface area contributed by atoms with E-state index in [-0.39, 0.29) is 34.5 Å². The summed E-state index contributed by atoms with van der Waals surface area (Å²) in [5.41, 5.74) is 0.527. The van der Waals surface area contributed by atoms with Gasteiger partial charge < -0.3 is 10.2 Å². The summed E-state index contributed by atoms with van der Waals surface area (Å²) in [5.74, 6) is 0.199. The molecule has 1 unspecified atom stereocenters. The van der Waals surface area contributed by atoms with Crippen molar-refractivity contribution >= 4 is 39.3 Å². The molecular formula is C24H35N3O4S2. The Hall–Kier alpha value is -1.58. The summed E-state index contributed by atoms with van der Waals surface area (Å²) in [6.45, 7) is 5.07. The van der Waals surface area contributed by atoms with Crippen LogP contribution in [-0.4, -0.2) is 55.5 Å². The summed E-state index contributed by atoms with van der Waals surface area (Å²) in [5, 5.41) is 3.13. The van der Waals surface area contributed by atoms with Crippen LogP contribution in [0.15, 0.2) is 28.0 Å². The first-order valence-electron chi connectivity index (χ1n) is 12.1. The van der Waals surface area contributed by atoms with Gasteiger partial charge in [-0.3, -0.25) is 9.59 Å². The number of amides is 2. The molecule has 1 N–H and O–H groups in total. The van der Waals surface area contributed by atoms with Crippen LogP contribution in [0.2, 0.25) is 0 Å². The second kappa shape index (κ2) is 10.4. The maximum atomic E-state index is 13.3. The minimum atomic E-state index is -3.65. The third-order valence-electron chi connectivity index (χ3n) is 6.96. The molecule has 2 amide bonds. The van der Waals surface area contributed by atoms with Crippen molar-refractivity contribution in [2.24, 2.45) is 5.92 Å². The van der Waals surface area contributed by atoms with Crippen LogP contribution >= 0.6 is 11.8 Å². The van der Waals surface area contributed by atoms with Gasteiger partial charge in [0, 0.05) is 35.7 Å². The van der Waals surface area contributed by atoms with E-state index in [0.717, 1.165) is 43.4 Å². The van der Waals surface area contributed by atoms with Crippen molar-refractivity contribution in [3.63, 3.8) is 0 Å². The number of carbonyl (C=O) groups is 2. The third kappa shape index (κ3) is 5.74. The average Bonchev–Trinajstić information content (AvgIpc) is 2.89. The Bertz CT molecular complexity index is 983. The lowest BCUT2D eigenvalue weighted by atomic mass is 9.95. The average molecular weight is 494 g/mol. The molecule has 4 rings (SSSR count). The maximum Gasteiger partial charge on any atom is 0.243 e. The number of nitrogens with one attached hydrogen (secondary N) is 1. The zero-order chi connectivity index (χ0) is 23.6. The van der Waals surface area contributed by atoms with E-state index < -0.39 is 10.0 Å². The van der Waals surface area contributed by atoms with Crippen LogP contribution in [0.3, 0.4) is 0 Å². The second-order valence-electron chi connectivity index (χ2n) is 9.73. The van der Waals surface area contributed by atoms with E-state index >= 15 is 0 Å². The van der Waals surface area contributed by atoms with E-state index in [9.17, 15) is 18.0 Å². The molecule has 2 fully saturated rings. The van der Waals surface area contributed by atoms with Crippen LogP contribution in [0, 0.1) is 5.92 Å². The summed E-state index contributed by atoms with van der Waals surface area (Å²) in [6.07, 6.45) is 7.38. The molecule has 1 saturated carbocycles. The topological polar surface area (TPSA) is 86.8 Å². The number of fused-ring (bicyclic) bond motifs is 1. The number of thioether (sulfide) groups is 1. The number of piperidine rings is 1. The lowest BCUT2D eigenvalue weighted by Crippen LogP contribution is -2.45. The molecule has 1 aromatic carbocycles. The van der Waals surface area contributed by atoms with Crippen molar-refractivity contribution in [1.29, 1.82) is 0 Å². The first-order valence-corrected chi connectivity index (χ1v) is 14.5. The molecular weight excluding hydrogens is 458 g/mol. The van der Waals surface area contributed by atoms with Gasteiger partial charge in [0.05, 0.1) is 10.6 Å². The molecule has 0 spiro atoms. The number of anilines is 1. The molecule has 3 aliphatic rings. The van der Waals surface area contributed by atoms with Crippen LogP contribution in [-0.2, 0) is 19.6 Å². The number of carbonyl (C=O) groups excluding carboxylic acids is 2. The quantitative estimate of drug-likeness (QED) is 0.675. The van der Waals surface area contributed by atoms with E-state index in [4.69, 9.17) is 0 Å². The Kier molecular flexibility index (Phi) is 7.70. The van der Waals surface area contributed by atoms with Gasteiger partial charge in [0.1, 0.15) is 6.54 Å². The fourth-order valence-electron chi connectivity index (χ4n) is 4.93. The Labute approximate surface area is 201 Å². The zero-order valence-corrected chi connectivity index (χ0v) is 21.2. The third-order valence-corrected chi connectivity index (χ3v) is 10.0. The van der Waals surface area contributed by atoms with Gasteiger partial charge in [0.25, 0.3) is 0 Å². The molecule has 0 bridgehead atoms. The predicted molar refractivity (Wildman–Crippen MR) is 131 cm³/mol. The molecule has 33 heavy (non-hydrogen) atoms. The number of sulfonamides is 1. The standard InChI is InChI=1S/C24H35N3O4S2/c1-17-10-12-26(13-11-17)33(30,31)20-8-9-22-21(15-20)27(24(29)14-18(2)32-22)16-23(28)25-19-6-4-3-5-7-19/h8-9,15,17-19H,3-7,10-14,16H2,1-2H3,(H,25,28). The minimum absolute atomic E-state index is 0.0497. The first kappa shape index (κ1) is 24.5. The lowest BCUT2D eigenvalue weighted by Gasteiger charge is -2.30. The number of rotatable bonds is 5. The monoisotopic (exact) mass is 493 g/mol. The van der Waals surface area contributed by atoms with E-state index in [1.54, 1.807) is 34.3 Å². The fraction of sp³-hybridized carbons (Fsp3) is 0.667. The predicted octanol–water partition coefficient (Wildman–Crippen LogP) is 3.77. The Morgan fingerprint density at radius 1 is 1.09 bits per heavy atom. The molecule has 2 aliphatic heterocycles. The number of nitrogens with zero attached hydrogens (tertiary/aromatic N) is 2. The van der Waals surface area contributed by atoms with Gasteiger partial charge in [-0.2, -0.15) is 4.31 Å². The maximum absolute atomic E-state index is 13.3. The lowest BCUT2D eigenvalue weighted by molar-refractivity contribution is -0.124. The van der Waals surface area contributed by atoms with Gasteiger partial charge in [-0.15, -0.1) is 11.8 Å². The van der Waals surface area contributed by atoms with Crippen LogP contribution in [0.4, 0.5) is 5.69 Å². The van der Waals surface area contributed by atoms with Gasteiger partial charge in [0.2, 0.25) is 21.8 Å². The van der Waals surface area contributed by atoms with Crippen molar-refractivity contribution in [2.45, 2.75) is 86.3 Å². The fourth-order valence-corrected chi connectivity index (χ4v) is 7.51. The first-order chi connectivity index (χ1) is 15.7.